The highest BCUT2D eigenvalue weighted by Gasteiger charge is 2.37. The Morgan fingerprint density at radius 1 is 1.48 bits per heavy atom. The number of para-hydroxylation sites is 1. The van der Waals surface area contributed by atoms with E-state index in [-0.39, 0.29) is 10.6 Å². The maximum Gasteiger partial charge on any atom is 0.333 e. The Kier molecular flexibility index (Phi) is 4.63. The van der Waals surface area contributed by atoms with Crippen LogP contribution in [0, 0.1) is 10.1 Å². The molecule has 1 aliphatic heterocycles. The Morgan fingerprint density at radius 2 is 2.28 bits per heavy atom. The molecule has 1 aliphatic rings. The second kappa shape index (κ2) is 6.72. The molecule has 2 aromatic rings. The number of hydrogen-bond acceptors (Lipinski definition) is 6. The van der Waals surface area contributed by atoms with E-state index in [0.717, 1.165) is 5.56 Å². The Hall–Kier alpha value is -2.61. The van der Waals surface area contributed by atoms with Gasteiger partial charge in [-0.25, -0.2) is 0 Å². The number of nitrogens with zero attached hydrogens (tertiary/aromatic N) is 4. The molecule has 0 unspecified atom stereocenters. The van der Waals surface area contributed by atoms with E-state index in [1.807, 2.05) is 32.0 Å². The summed E-state index contributed by atoms with van der Waals surface area (Å²) in [5.74, 6) is 0.291. The average molecular weight is 346 g/mol. The summed E-state index contributed by atoms with van der Waals surface area (Å²) in [6, 6.07) is 5.17. The molecule has 1 aromatic heterocycles. The van der Waals surface area contributed by atoms with Gasteiger partial charge in [0.1, 0.15) is 11.3 Å². The molecule has 0 aliphatic carbocycles. The van der Waals surface area contributed by atoms with Gasteiger partial charge in [0.25, 0.3) is 0 Å². The van der Waals surface area contributed by atoms with Crippen LogP contribution in [-0.2, 0) is 17.4 Å². The zero-order chi connectivity index (χ0) is 18.0. The van der Waals surface area contributed by atoms with E-state index in [1.165, 1.54) is 0 Å². The van der Waals surface area contributed by atoms with Gasteiger partial charge in [-0.15, -0.1) is 0 Å². The van der Waals surface area contributed by atoms with Crippen molar-refractivity contribution in [1.82, 2.24) is 9.78 Å². The molecule has 25 heavy (non-hydrogen) atoms. The molecule has 1 atom stereocenters. The summed E-state index contributed by atoms with van der Waals surface area (Å²) in [5.41, 5.74) is 0.916. The minimum Gasteiger partial charge on any atom is -0.487 e. The third kappa shape index (κ3) is 3.30. The van der Waals surface area contributed by atoms with Crippen molar-refractivity contribution in [2.24, 2.45) is 7.05 Å². The molecule has 8 heteroatoms. The lowest BCUT2D eigenvalue weighted by atomic mass is 9.96. The molecule has 2 heterocycles. The molecule has 1 aromatic carbocycles. The fraction of sp³-hybridized carbons (Fsp3) is 0.471. The summed E-state index contributed by atoms with van der Waals surface area (Å²) in [6.07, 6.45) is 3.68. The number of morpholine rings is 1. The lowest BCUT2D eigenvalue weighted by molar-refractivity contribution is -0.385. The van der Waals surface area contributed by atoms with Crippen molar-refractivity contribution in [3.63, 3.8) is 0 Å². The first-order valence-corrected chi connectivity index (χ1v) is 8.23. The smallest absolute Gasteiger partial charge is 0.333 e. The van der Waals surface area contributed by atoms with Gasteiger partial charge in [-0.3, -0.25) is 14.8 Å². The highest BCUT2D eigenvalue weighted by atomic mass is 16.6. The van der Waals surface area contributed by atoms with Crippen molar-refractivity contribution in [3.8, 4) is 5.75 Å². The minimum absolute atomic E-state index is 0.000198. The van der Waals surface area contributed by atoms with Gasteiger partial charge in [-0.1, -0.05) is 6.07 Å². The molecule has 3 rings (SSSR count). The third-order valence-corrected chi connectivity index (χ3v) is 4.39. The van der Waals surface area contributed by atoms with Gasteiger partial charge < -0.3 is 14.4 Å². The maximum atomic E-state index is 11.6. The van der Waals surface area contributed by atoms with Crippen LogP contribution < -0.4 is 9.64 Å². The summed E-state index contributed by atoms with van der Waals surface area (Å²) in [7, 11) is 1.85. The molecule has 1 fully saturated rings. The molecule has 0 N–H and O–H groups in total. The van der Waals surface area contributed by atoms with E-state index in [2.05, 4.69) is 5.10 Å². The summed E-state index contributed by atoms with van der Waals surface area (Å²) in [4.78, 5) is 13.3. The standard InChI is InChI=1S/C17H22N4O4/c1-4-24-15-7-5-6-14(16(15)21(22)23)20-8-9-25-17(2,12-20)13-10-18-19(3)11-13/h5-7,10-11H,4,8-9,12H2,1-3H3/t17-/m0/s1. The van der Waals surface area contributed by atoms with Crippen LogP contribution in [0.2, 0.25) is 0 Å². The van der Waals surface area contributed by atoms with Crippen molar-refractivity contribution in [3.05, 3.63) is 46.3 Å². The largest absolute Gasteiger partial charge is 0.487 e. The summed E-state index contributed by atoms with van der Waals surface area (Å²) < 4.78 is 13.2. The highest BCUT2D eigenvalue weighted by molar-refractivity contribution is 5.70. The van der Waals surface area contributed by atoms with Crippen LogP contribution in [0.3, 0.4) is 0 Å². The van der Waals surface area contributed by atoms with Gasteiger partial charge in [0.2, 0.25) is 0 Å². The summed E-state index contributed by atoms with van der Waals surface area (Å²) >= 11 is 0. The zero-order valence-corrected chi connectivity index (χ0v) is 14.6. The van der Waals surface area contributed by atoms with Crippen molar-refractivity contribution in [2.75, 3.05) is 31.2 Å². The van der Waals surface area contributed by atoms with Gasteiger partial charge in [-0.05, 0) is 26.0 Å². The maximum absolute atomic E-state index is 11.6. The third-order valence-electron chi connectivity index (χ3n) is 4.39. The number of hydrogen-bond donors (Lipinski definition) is 0. The van der Waals surface area contributed by atoms with Crippen molar-refractivity contribution >= 4 is 11.4 Å². The molecule has 0 radical (unpaired) electrons. The lowest BCUT2D eigenvalue weighted by Gasteiger charge is -2.41. The number of aromatic nitrogens is 2. The van der Waals surface area contributed by atoms with Crippen LogP contribution in [0.25, 0.3) is 0 Å². The van der Waals surface area contributed by atoms with Crippen LogP contribution in [0.4, 0.5) is 11.4 Å². The highest BCUT2D eigenvalue weighted by Crippen LogP contribution is 2.40. The number of nitro benzene ring substituents is 1. The molecule has 0 amide bonds. The van der Waals surface area contributed by atoms with E-state index < -0.39 is 5.60 Å². The van der Waals surface area contributed by atoms with Crippen molar-refractivity contribution in [2.45, 2.75) is 19.4 Å². The first-order chi connectivity index (χ1) is 11.9. The number of benzene rings is 1. The zero-order valence-electron chi connectivity index (χ0n) is 14.6. The predicted octanol–water partition coefficient (Wildman–Crippen LogP) is 2.48. The molecule has 1 saturated heterocycles. The first-order valence-electron chi connectivity index (χ1n) is 8.23. The van der Waals surface area contributed by atoms with Gasteiger partial charge >= 0.3 is 5.69 Å². The normalized spacial score (nSPS) is 20.5. The molecule has 8 nitrogen and oxygen atoms in total. The molecule has 0 saturated carbocycles. The van der Waals surface area contributed by atoms with Crippen LogP contribution in [0.15, 0.2) is 30.6 Å². The summed E-state index contributed by atoms with van der Waals surface area (Å²) in [5, 5.41) is 15.9. The Balaban J connectivity index is 1.96. The van der Waals surface area contributed by atoms with Gasteiger partial charge in [0, 0.05) is 25.4 Å². The van der Waals surface area contributed by atoms with Crippen LogP contribution in [-0.4, -0.2) is 41.0 Å². The van der Waals surface area contributed by atoms with E-state index in [1.54, 1.807) is 29.1 Å². The second-order valence-electron chi connectivity index (χ2n) is 6.22. The fourth-order valence-electron chi connectivity index (χ4n) is 3.17. The van der Waals surface area contributed by atoms with E-state index in [0.29, 0.717) is 37.7 Å². The fourth-order valence-corrected chi connectivity index (χ4v) is 3.17. The number of aryl methyl sites for hydroxylation is 1. The van der Waals surface area contributed by atoms with E-state index >= 15 is 0 Å². The van der Waals surface area contributed by atoms with Gasteiger partial charge in [0.15, 0.2) is 5.75 Å². The molecule has 134 valence electrons. The number of rotatable bonds is 5. The van der Waals surface area contributed by atoms with E-state index in [4.69, 9.17) is 9.47 Å². The quantitative estimate of drug-likeness (QED) is 0.611. The molecule has 0 bridgehead atoms. The van der Waals surface area contributed by atoms with Crippen molar-refractivity contribution < 1.29 is 14.4 Å². The Morgan fingerprint density at radius 3 is 2.92 bits per heavy atom. The minimum atomic E-state index is -0.581. The predicted molar refractivity (Wildman–Crippen MR) is 93.0 cm³/mol. The topological polar surface area (TPSA) is 82.7 Å². The summed E-state index contributed by atoms with van der Waals surface area (Å²) in [6.45, 7) is 5.71. The Labute approximate surface area is 146 Å². The lowest BCUT2D eigenvalue weighted by Crippen LogP contribution is -2.48. The first kappa shape index (κ1) is 17.2. The van der Waals surface area contributed by atoms with Gasteiger partial charge in [0.05, 0.1) is 30.9 Å². The van der Waals surface area contributed by atoms with Crippen LogP contribution >= 0.6 is 0 Å². The van der Waals surface area contributed by atoms with Crippen molar-refractivity contribution in [1.29, 1.82) is 0 Å². The van der Waals surface area contributed by atoms with Crippen LogP contribution in [0.1, 0.15) is 19.4 Å². The number of ether oxygens (including phenoxy) is 2. The van der Waals surface area contributed by atoms with Crippen LogP contribution in [0.5, 0.6) is 5.75 Å². The Bertz CT molecular complexity index is 776. The molecular formula is C17H22N4O4. The molecule has 0 spiro atoms. The van der Waals surface area contributed by atoms with E-state index in [9.17, 15) is 10.1 Å². The van der Waals surface area contributed by atoms with Gasteiger partial charge in [-0.2, -0.15) is 5.10 Å². The second-order valence-corrected chi connectivity index (χ2v) is 6.22. The molecular weight excluding hydrogens is 324 g/mol. The number of anilines is 1. The number of nitro groups is 1. The SMILES string of the molecule is CCOc1cccc(N2CCO[C@](C)(c3cnn(C)c3)C2)c1[N+](=O)[O-]. The monoisotopic (exact) mass is 346 g/mol. The average Bonchev–Trinajstić information content (AvgIpc) is 3.02.